The van der Waals surface area contributed by atoms with E-state index in [0.29, 0.717) is 4.57 Å². The number of H-pyrrole nitrogens is 1. The summed E-state index contributed by atoms with van der Waals surface area (Å²) in [6.45, 7) is 1.37. The molecule has 9 atom stereocenters. The molecule has 2 aromatic rings. The van der Waals surface area contributed by atoms with Crippen LogP contribution in [0.1, 0.15) is 37.8 Å². The Bertz CT molecular complexity index is 1480. The van der Waals surface area contributed by atoms with Gasteiger partial charge in [0, 0.05) is 24.6 Å². The number of carboxylic acids is 2. The average molecular weight is 625 g/mol. The van der Waals surface area contributed by atoms with E-state index in [2.05, 4.69) is 15.6 Å². The summed E-state index contributed by atoms with van der Waals surface area (Å²) in [5.41, 5.74) is 4.26. The molecule has 44 heavy (non-hydrogen) atoms. The fraction of sp³-hybridized carbons (Fsp3) is 0.480. The number of hydrogen-bond acceptors (Lipinski definition) is 13. The molecule has 11 N–H and O–H groups in total. The van der Waals surface area contributed by atoms with Crippen LogP contribution in [0.2, 0.25) is 0 Å². The first kappa shape index (κ1) is 33.8. The minimum atomic E-state index is -2.00. The number of rotatable bonds is 13. The van der Waals surface area contributed by atoms with E-state index in [-0.39, 0.29) is 11.4 Å². The quantitative estimate of drug-likeness (QED) is 0.101. The van der Waals surface area contributed by atoms with Crippen molar-refractivity contribution in [2.45, 2.75) is 68.5 Å². The van der Waals surface area contributed by atoms with E-state index in [9.17, 15) is 54.3 Å². The summed E-state index contributed by atoms with van der Waals surface area (Å²) in [4.78, 5) is 78.8. The van der Waals surface area contributed by atoms with Crippen molar-refractivity contribution in [1.82, 2.24) is 25.2 Å². The topological polar surface area (TPSA) is 317 Å². The van der Waals surface area contributed by atoms with Crippen LogP contribution in [0.25, 0.3) is 0 Å². The first-order valence-electron chi connectivity index (χ1n) is 13.1. The van der Waals surface area contributed by atoms with Gasteiger partial charge in [0.15, 0.2) is 6.23 Å². The third-order valence-corrected chi connectivity index (χ3v) is 7.01. The van der Waals surface area contributed by atoms with Crippen LogP contribution in [0.15, 0.2) is 40.2 Å². The van der Waals surface area contributed by atoms with Gasteiger partial charge in [-0.05, 0) is 18.6 Å². The van der Waals surface area contributed by atoms with E-state index in [1.807, 2.05) is 4.98 Å². The van der Waals surface area contributed by atoms with Gasteiger partial charge in [0.2, 0.25) is 11.8 Å². The Morgan fingerprint density at radius 3 is 2.34 bits per heavy atom. The second-order valence-corrected chi connectivity index (χ2v) is 10.1. The lowest BCUT2D eigenvalue weighted by Gasteiger charge is -2.30. The van der Waals surface area contributed by atoms with Crippen LogP contribution < -0.4 is 27.6 Å². The predicted octanol–water partition coefficient (Wildman–Crippen LogP) is -4.13. The second kappa shape index (κ2) is 14.2. The van der Waals surface area contributed by atoms with Crippen molar-refractivity contribution in [3.8, 4) is 5.75 Å². The van der Waals surface area contributed by atoms with Crippen molar-refractivity contribution in [2.75, 3.05) is 0 Å². The summed E-state index contributed by atoms with van der Waals surface area (Å²) in [5, 5.41) is 64.3. The van der Waals surface area contributed by atoms with Crippen molar-refractivity contribution in [3.63, 3.8) is 0 Å². The molecule has 2 aromatic heterocycles. The normalized spacial score (nSPS) is 23.1. The molecule has 0 bridgehead atoms. The van der Waals surface area contributed by atoms with Gasteiger partial charge in [-0.25, -0.2) is 9.59 Å². The average Bonchev–Trinajstić information content (AvgIpc) is 3.25. The first-order valence-corrected chi connectivity index (χ1v) is 13.1. The van der Waals surface area contributed by atoms with E-state index in [4.69, 9.17) is 15.6 Å². The molecule has 0 radical (unpaired) electrons. The van der Waals surface area contributed by atoms with Gasteiger partial charge in [-0.2, -0.15) is 0 Å². The smallest absolute Gasteiger partial charge is 0.330 e. The van der Waals surface area contributed by atoms with Crippen molar-refractivity contribution in [1.29, 1.82) is 0 Å². The number of hydrogen-bond donors (Lipinski definition) is 10. The zero-order valence-electron chi connectivity index (χ0n) is 23.0. The largest absolute Gasteiger partial charge is 0.506 e. The van der Waals surface area contributed by atoms with Crippen LogP contribution in [0, 0.1) is 5.92 Å². The molecule has 3 heterocycles. The Hall–Kier alpha value is -4.69. The number of aromatic amines is 1. The molecule has 1 aliphatic rings. The molecule has 240 valence electrons. The number of carboxylic acid groups (broad SMARTS) is 2. The number of carbonyl (C=O) groups excluding carboxylic acids is 2. The van der Waals surface area contributed by atoms with Crippen LogP contribution in [-0.4, -0.2) is 105 Å². The number of amides is 2. The number of nitrogens with zero attached hydrogens (tertiary/aromatic N) is 2. The summed E-state index contributed by atoms with van der Waals surface area (Å²) in [7, 11) is 0. The highest BCUT2D eigenvalue weighted by atomic mass is 16.6. The summed E-state index contributed by atoms with van der Waals surface area (Å²) >= 11 is 0. The van der Waals surface area contributed by atoms with Gasteiger partial charge >= 0.3 is 17.6 Å². The van der Waals surface area contributed by atoms with Crippen LogP contribution >= 0.6 is 0 Å². The standard InChI is InChI=1S/C25H32N6O13/c1-9(17(36)11-3-2-10(32)8-27-11)15(26)21(39)30-16(22(40)28-12(24(41)42)4-5-14(34)35)20-18(37)19(38)23(44-20)31-7-6-13(33)29-25(31)43/h2-3,6-9,12,15-20,23,32,36-38H,4-5,26H2,1H3,(H,28,40)(H,30,39)(H,34,35)(H,41,42)(H,29,33,43)/t9-,12-,15-,16-,17-,18-,19+,20+,23+/m0/s1. The van der Waals surface area contributed by atoms with Gasteiger partial charge in [0.25, 0.3) is 5.56 Å². The summed E-state index contributed by atoms with van der Waals surface area (Å²) < 4.78 is 6.29. The molecular weight excluding hydrogens is 592 g/mol. The number of aromatic hydroxyl groups is 1. The molecule has 1 aliphatic heterocycles. The minimum absolute atomic E-state index is 0.0439. The third kappa shape index (κ3) is 7.82. The zero-order valence-corrected chi connectivity index (χ0v) is 23.0. The van der Waals surface area contributed by atoms with Crippen LogP contribution in [0.3, 0.4) is 0 Å². The highest BCUT2D eigenvalue weighted by molar-refractivity contribution is 5.92. The number of nitrogens with two attached hydrogens (primary N) is 1. The predicted molar refractivity (Wildman–Crippen MR) is 144 cm³/mol. The molecule has 1 fully saturated rings. The van der Waals surface area contributed by atoms with Gasteiger partial charge in [-0.1, -0.05) is 6.92 Å². The molecule has 19 nitrogen and oxygen atoms in total. The molecule has 0 saturated carbocycles. The van der Waals surface area contributed by atoms with Crippen molar-refractivity contribution < 1.29 is 54.6 Å². The Morgan fingerprint density at radius 2 is 1.77 bits per heavy atom. The fourth-order valence-electron chi connectivity index (χ4n) is 4.43. The number of carbonyl (C=O) groups is 4. The molecule has 3 rings (SSSR count). The van der Waals surface area contributed by atoms with Crippen LogP contribution in [0.4, 0.5) is 0 Å². The summed E-state index contributed by atoms with van der Waals surface area (Å²) in [5.74, 6) is -6.64. The molecule has 2 amide bonds. The van der Waals surface area contributed by atoms with Crippen LogP contribution in [-0.2, 0) is 23.9 Å². The molecule has 19 heteroatoms. The Labute approximate surface area is 246 Å². The van der Waals surface area contributed by atoms with Gasteiger partial charge in [0.1, 0.15) is 42.2 Å². The molecule has 1 saturated heterocycles. The van der Waals surface area contributed by atoms with Crippen molar-refractivity contribution in [3.05, 3.63) is 57.1 Å². The summed E-state index contributed by atoms with van der Waals surface area (Å²) in [6, 6.07) is -1.90. The third-order valence-electron chi connectivity index (χ3n) is 7.01. The van der Waals surface area contributed by atoms with Gasteiger partial charge in [-0.3, -0.25) is 33.7 Å². The number of pyridine rings is 1. The number of aliphatic hydroxyl groups is 3. The number of nitrogens with one attached hydrogen (secondary N) is 3. The highest BCUT2D eigenvalue weighted by Gasteiger charge is 2.50. The zero-order chi connectivity index (χ0) is 32.9. The maximum Gasteiger partial charge on any atom is 0.330 e. The lowest BCUT2D eigenvalue weighted by atomic mass is 9.92. The van der Waals surface area contributed by atoms with Gasteiger partial charge in [-0.15, -0.1) is 0 Å². The Balaban J connectivity index is 1.91. The molecule has 0 spiro atoms. The lowest BCUT2D eigenvalue weighted by Crippen LogP contribution is -2.61. The Kier molecular flexibility index (Phi) is 10.9. The lowest BCUT2D eigenvalue weighted by molar-refractivity contribution is -0.145. The molecular formula is C25H32N6O13. The number of aromatic nitrogens is 3. The summed E-state index contributed by atoms with van der Waals surface area (Å²) in [6.07, 6.45) is -8.10. The number of ether oxygens (including phenoxy) is 1. The molecule has 0 unspecified atom stereocenters. The van der Waals surface area contributed by atoms with Crippen LogP contribution in [0.5, 0.6) is 5.75 Å². The second-order valence-electron chi connectivity index (χ2n) is 10.1. The van der Waals surface area contributed by atoms with E-state index >= 15 is 0 Å². The van der Waals surface area contributed by atoms with Crippen molar-refractivity contribution in [2.24, 2.45) is 11.7 Å². The number of aliphatic hydroxyl groups excluding tert-OH is 3. The minimum Gasteiger partial charge on any atom is -0.506 e. The maximum absolute atomic E-state index is 13.4. The molecule has 0 aliphatic carbocycles. The van der Waals surface area contributed by atoms with E-state index < -0.39 is 103 Å². The first-order chi connectivity index (χ1) is 20.6. The van der Waals surface area contributed by atoms with Gasteiger partial charge < -0.3 is 51.7 Å². The number of aliphatic carboxylic acids is 2. The van der Waals surface area contributed by atoms with Crippen molar-refractivity contribution >= 4 is 23.8 Å². The highest BCUT2D eigenvalue weighted by Crippen LogP contribution is 2.31. The van der Waals surface area contributed by atoms with Gasteiger partial charge in [0.05, 0.1) is 17.9 Å². The van der Waals surface area contributed by atoms with E-state index in [1.54, 1.807) is 0 Å². The monoisotopic (exact) mass is 624 g/mol. The molecule has 0 aromatic carbocycles. The maximum atomic E-state index is 13.4. The fourth-order valence-corrected chi connectivity index (χ4v) is 4.43. The van der Waals surface area contributed by atoms with E-state index in [0.717, 1.165) is 18.5 Å². The SMILES string of the molecule is C[C@@H]([C@H](N)C(=O)N[C@H](C(=O)N[C@@H](CCC(=O)O)C(=O)O)[C@H]1O[C@@H](n2ccc(=O)[nH]c2=O)[C@H](O)[C@@H]1O)[C@H](O)c1ccc(O)cn1. The Morgan fingerprint density at radius 1 is 1.09 bits per heavy atom. The van der Waals surface area contributed by atoms with E-state index in [1.165, 1.54) is 19.1 Å².